The highest BCUT2D eigenvalue weighted by molar-refractivity contribution is 6.33. The lowest BCUT2D eigenvalue weighted by Gasteiger charge is -2.24. The van der Waals surface area contributed by atoms with Gasteiger partial charge >= 0.3 is 0 Å². The van der Waals surface area contributed by atoms with Crippen LogP contribution in [0.1, 0.15) is 6.92 Å². The molecule has 1 aromatic rings. The molecule has 0 atom stereocenters. The van der Waals surface area contributed by atoms with E-state index in [2.05, 4.69) is 4.98 Å². The van der Waals surface area contributed by atoms with Gasteiger partial charge in [-0.15, -0.1) is 0 Å². The number of pyridine rings is 1. The Morgan fingerprint density at radius 2 is 2.18 bits per heavy atom. The van der Waals surface area contributed by atoms with Gasteiger partial charge in [0, 0.05) is 20.6 Å². The Labute approximate surface area is 106 Å². The van der Waals surface area contributed by atoms with Crippen LogP contribution in [0.25, 0.3) is 0 Å². The number of carbonyl (C=O) groups is 1. The molecular formula is C11H17ClN4O. The van der Waals surface area contributed by atoms with Gasteiger partial charge in [0.1, 0.15) is 5.82 Å². The molecule has 6 heteroatoms. The highest BCUT2D eigenvalue weighted by atomic mass is 35.5. The molecule has 1 heterocycles. The molecular weight excluding hydrogens is 240 g/mol. The number of aromatic nitrogens is 1. The highest BCUT2D eigenvalue weighted by Gasteiger charge is 2.15. The van der Waals surface area contributed by atoms with Gasteiger partial charge in [0.05, 0.1) is 23.5 Å². The van der Waals surface area contributed by atoms with Crippen LogP contribution < -0.4 is 10.6 Å². The fourth-order valence-corrected chi connectivity index (χ4v) is 1.61. The van der Waals surface area contributed by atoms with Gasteiger partial charge in [-0.2, -0.15) is 0 Å². The third kappa shape index (κ3) is 3.49. The first-order valence-electron chi connectivity index (χ1n) is 5.31. The lowest BCUT2D eigenvalue weighted by atomic mass is 10.3. The number of nitrogens with zero attached hydrogens (tertiary/aromatic N) is 3. The summed E-state index contributed by atoms with van der Waals surface area (Å²) in [5.74, 6) is 0.583. The second-order valence-electron chi connectivity index (χ2n) is 3.88. The van der Waals surface area contributed by atoms with Crippen molar-refractivity contribution < 1.29 is 4.79 Å². The van der Waals surface area contributed by atoms with Crippen molar-refractivity contribution in [3.8, 4) is 0 Å². The average Bonchev–Trinajstić information content (AvgIpc) is 2.26. The molecule has 0 aliphatic carbocycles. The third-order valence-electron chi connectivity index (χ3n) is 2.35. The summed E-state index contributed by atoms with van der Waals surface area (Å²) >= 11 is 6.06. The molecule has 0 unspecified atom stereocenters. The Hall–Kier alpha value is -1.49. The molecule has 94 valence electrons. The molecule has 1 aromatic heterocycles. The number of rotatable bonds is 4. The largest absolute Gasteiger partial charge is 0.397 e. The predicted molar refractivity (Wildman–Crippen MR) is 70.2 cm³/mol. The van der Waals surface area contributed by atoms with Crippen molar-refractivity contribution in [1.29, 1.82) is 0 Å². The summed E-state index contributed by atoms with van der Waals surface area (Å²) in [5.41, 5.74) is 6.09. The number of nitrogen functional groups attached to an aromatic ring is 1. The number of hydrogen-bond donors (Lipinski definition) is 1. The number of anilines is 2. The summed E-state index contributed by atoms with van der Waals surface area (Å²) in [6.45, 7) is 2.84. The molecule has 0 spiro atoms. The van der Waals surface area contributed by atoms with E-state index in [0.717, 1.165) is 0 Å². The lowest BCUT2D eigenvalue weighted by molar-refractivity contribution is -0.127. The molecule has 2 N–H and O–H groups in total. The van der Waals surface area contributed by atoms with Crippen LogP contribution in [0.5, 0.6) is 0 Å². The summed E-state index contributed by atoms with van der Waals surface area (Å²) in [4.78, 5) is 19.2. The summed E-state index contributed by atoms with van der Waals surface area (Å²) < 4.78 is 0. The van der Waals surface area contributed by atoms with Crippen LogP contribution in [0, 0.1) is 0 Å². The molecule has 0 saturated heterocycles. The lowest BCUT2D eigenvalue weighted by Crippen LogP contribution is -2.37. The summed E-state index contributed by atoms with van der Waals surface area (Å²) in [6, 6.07) is 1.63. The standard InChI is InChI=1S/C11H17ClN4O/c1-4-16(7-10(17)15(2)3)11-9(12)5-8(13)6-14-11/h5-6H,4,7,13H2,1-3H3. The van der Waals surface area contributed by atoms with E-state index in [9.17, 15) is 4.79 Å². The zero-order valence-electron chi connectivity index (χ0n) is 10.3. The second-order valence-corrected chi connectivity index (χ2v) is 4.28. The molecule has 0 aliphatic heterocycles. The van der Waals surface area contributed by atoms with E-state index < -0.39 is 0 Å². The molecule has 0 aliphatic rings. The Balaban J connectivity index is 2.90. The normalized spacial score (nSPS) is 10.1. The van der Waals surface area contributed by atoms with Gasteiger partial charge in [0.2, 0.25) is 5.91 Å². The summed E-state index contributed by atoms with van der Waals surface area (Å²) in [5, 5.41) is 0.457. The monoisotopic (exact) mass is 256 g/mol. The average molecular weight is 257 g/mol. The van der Waals surface area contributed by atoms with Crippen molar-refractivity contribution in [3.05, 3.63) is 17.3 Å². The smallest absolute Gasteiger partial charge is 0.241 e. The zero-order valence-corrected chi connectivity index (χ0v) is 11.0. The van der Waals surface area contributed by atoms with Crippen LogP contribution in [0.2, 0.25) is 5.02 Å². The SMILES string of the molecule is CCN(CC(=O)N(C)C)c1ncc(N)cc1Cl. The number of halogens is 1. The predicted octanol–water partition coefficient (Wildman–Crippen LogP) is 1.23. The molecule has 1 amide bonds. The quantitative estimate of drug-likeness (QED) is 0.880. The minimum atomic E-state index is 0.00143. The fraction of sp³-hybridized carbons (Fsp3) is 0.455. The van der Waals surface area contributed by atoms with Crippen molar-refractivity contribution in [3.63, 3.8) is 0 Å². The first kappa shape index (κ1) is 13.6. The number of hydrogen-bond acceptors (Lipinski definition) is 4. The summed E-state index contributed by atoms with van der Waals surface area (Å²) in [7, 11) is 3.43. The van der Waals surface area contributed by atoms with Gasteiger partial charge in [-0.3, -0.25) is 4.79 Å². The third-order valence-corrected chi connectivity index (χ3v) is 2.63. The van der Waals surface area contributed by atoms with E-state index in [1.54, 1.807) is 20.2 Å². The Bertz CT molecular complexity index is 408. The first-order chi connectivity index (χ1) is 7.95. The van der Waals surface area contributed by atoms with E-state index in [1.165, 1.54) is 11.1 Å². The van der Waals surface area contributed by atoms with Crippen LogP contribution >= 0.6 is 11.6 Å². The maximum atomic E-state index is 11.7. The number of nitrogens with two attached hydrogens (primary N) is 1. The summed E-state index contributed by atoms with van der Waals surface area (Å²) in [6.07, 6.45) is 1.53. The van der Waals surface area contributed by atoms with Gasteiger partial charge < -0.3 is 15.5 Å². The van der Waals surface area contributed by atoms with Crippen molar-refractivity contribution in [2.24, 2.45) is 0 Å². The second kappa shape index (κ2) is 5.72. The molecule has 0 bridgehead atoms. The maximum Gasteiger partial charge on any atom is 0.241 e. The van der Waals surface area contributed by atoms with Gasteiger partial charge in [-0.05, 0) is 13.0 Å². The minimum Gasteiger partial charge on any atom is -0.397 e. The maximum absolute atomic E-state index is 11.7. The van der Waals surface area contributed by atoms with E-state index in [0.29, 0.717) is 23.1 Å². The Kier molecular flexibility index (Phi) is 4.57. The van der Waals surface area contributed by atoms with Crippen LogP contribution in [0.4, 0.5) is 11.5 Å². The molecule has 0 saturated carbocycles. The van der Waals surface area contributed by atoms with Crippen LogP contribution in [0.3, 0.4) is 0 Å². The van der Waals surface area contributed by atoms with Crippen molar-refractivity contribution >= 4 is 29.0 Å². The van der Waals surface area contributed by atoms with Crippen LogP contribution in [-0.2, 0) is 4.79 Å². The number of carbonyl (C=O) groups excluding carboxylic acids is 1. The Morgan fingerprint density at radius 1 is 1.53 bits per heavy atom. The van der Waals surface area contributed by atoms with Gasteiger partial charge in [0.15, 0.2) is 0 Å². The minimum absolute atomic E-state index is 0.00143. The fourth-order valence-electron chi connectivity index (χ4n) is 1.32. The first-order valence-corrected chi connectivity index (χ1v) is 5.69. The van der Waals surface area contributed by atoms with E-state index >= 15 is 0 Å². The number of likely N-dealkylation sites (N-methyl/N-ethyl adjacent to an activating group) is 2. The highest BCUT2D eigenvalue weighted by Crippen LogP contribution is 2.24. The van der Waals surface area contributed by atoms with Gasteiger partial charge in [-0.25, -0.2) is 4.98 Å². The molecule has 0 fully saturated rings. The van der Waals surface area contributed by atoms with Gasteiger partial charge in [0.25, 0.3) is 0 Å². The zero-order chi connectivity index (χ0) is 13.0. The van der Waals surface area contributed by atoms with Crippen molar-refractivity contribution in [2.75, 3.05) is 37.8 Å². The molecule has 0 radical (unpaired) electrons. The number of amides is 1. The van der Waals surface area contributed by atoms with E-state index in [-0.39, 0.29) is 12.5 Å². The van der Waals surface area contributed by atoms with Crippen LogP contribution in [-0.4, -0.2) is 43.0 Å². The molecule has 0 aromatic carbocycles. The molecule has 17 heavy (non-hydrogen) atoms. The topological polar surface area (TPSA) is 62.5 Å². The van der Waals surface area contributed by atoms with E-state index in [4.69, 9.17) is 17.3 Å². The van der Waals surface area contributed by atoms with Crippen molar-refractivity contribution in [2.45, 2.75) is 6.92 Å². The van der Waals surface area contributed by atoms with E-state index in [1.807, 2.05) is 11.8 Å². The van der Waals surface area contributed by atoms with Crippen molar-refractivity contribution in [1.82, 2.24) is 9.88 Å². The molecule has 5 nitrogen and oxygen atoms in total. The van der Waals surface area contributed by atoms with Crippen LogP contribution in [0.15, 0.2) is 12.3 Å². The Morgan fingerprint density at radius 3 is 2.65 bits per heavy atom. The van der Waals surface area contributed by atoms with Gasteiger partial charge in [-0.1, -0.05) is 11.6 Å². The molecule has 1 rings (SSSR count).